The lowest BCUT2D eigenvalue weighted by atomic mass is 10.0. The van der Waals surface area contributed by atoms with Gasteiger partial charge in [0.05, 0.1) is 0 Å². The molecule has 1 aromatic rings. The monoisotopic (exact) mass is 273 g/mol. The molecule has 1 atom stereocenters. The zero-order valence-corrected chi connectivity index (χ0v) is 11.4. The molecule has 1 N–H and O–H groups in total. The summed E-state index contributed by atoms with van der Waals surface area (Å²) in [5.41, 5.74) is 0.765. The molecule has 0 aliphatic carbocycles. The van der Waals surface area contributed by atoms with Crippen molar-refractivity contribution in [2.45, 2.75) is 32.4 Å². The Labute approximate surface area is 112 Å². The molecule has 1 rings (SSSR count). The number of ether oxygens (including phenoxy) is 2. The maximum Gasteiger partial charge on any atom is 0.387 e. The first-order valence-electron chi connectivity index (χ1n) is 6.45. The van der Waals surface area contributed by atoms with Crippen LogP contribution in [0.25, 0.3) is 0 Å². The highest BCUT2D eigenvalue weighted by Crippen LogP contribution is 2.29. The third-order valence-electron chi connectivity index (χ3n) is 2.80. The van der Waals surface area contributed by atoms with Gasteiger partial charge in [-0.05, 0) is 25.5 Å². The summed E-state index contributed by atoms with van der Waals surface area (Å²) in [6.45, 7) is 0.600. The fraction of sp³-hybridized carbons (Fsp3) is 0.571. The van der Waals surface area contributed by atoms with E-state index in [4.69, 9.17) is 4.74 Å². The molecule has 0 aliphatic rings. The van der Waals surface area contributed by atoms with Gasteiger partial charge in [-0.25, -0.2) is 0 Å². The van der Waals surface area contributed by atoms with Crippen molar-refractivity contribution in [2.75, 3.05) is 20.3 Å². The lowest BCUT2D eigenvalue weighted by Crippen LogP contribution is -2.22. The Bertz CT molecular complexity index is 361. The molecule has 0 amide bonds. The molecule has 0 spiro atoms. The van der Waals surface area contributed by atoms with E-state index in [1.807, 2.05) is 19.1 Å². The maximum atomic E-state index is 12.4. The second-order valence-corrected chi connectivity index (χ2v) is 4.16. The van der Waals surface area contributed by atoms with E-state index in [9.17, 15) is 8.78 Å². The zero-order chi connectivity index (χ0) is 14.1. The fourth-order valence-corrected chi connectivity index (χ4v) is 2.02. The molecule has 0 fully saturated rings. The number of hydrogen-bond acceptors (Lipinski definition) is 3. The number of methoxy groups -OCH3 is 1. The van der Waals surface area contributed by atoms with Crippen LogP contribution in [0.15, 0.2) is 24.3 Å². The molecule has 0 saturated carbocycles. The van der Waals surface area contributed by atoms with Crippen molar-refractivity contribution in [1.29, 1.82) is 0 Å². The van der Waals surface area contributed by atoms with Crippen molar-refractivity contribution < 1.29 is 18.3 Å². The molecule has 0 radical (unpaired) electrons. The summed E-state index contributed by atoms with van der Waals surface area (Å²) in [6.07, 6.45) is 1.67. The minimum Gasteiger partial charge on any atom is -0.434 e. The van der Waals surface area contributed by atoms with E-state index in [1.54, 1.807) is 19.2 Å². The molecule has 1 unspecified atom stereocenters. The number of hydrogen-bond donors (Lipinski definition) is 1. The minimum atomic E-state index is -2.80. The smallest absolute Gasteiger partial charge is 0.387 e. The van der Waals surface area contributed by atoms with Crippen molar-refractivity contribution in [3.05, 3.63) is 29.8 Å². The van der Waals surface area contributed by atoms with Gasteiger partial charge in [0.2, 0.25) is 0 Å². The summed E-state index contributed by atoms with van der Waals surface area (Å²) in [5.74, 6) is 0.237. The highest BCUT2D eigenvalue weighted by molar-refractivity contribution is 5.36. The molecule has 0 aromatic heterocycles. The Morgan fingerprint density at radius 2 is 2.00 bits per heavy atom. The second kappa shape index (κ2) is 8.82. The topological polar surface area (TPSA) is 30.5 Å². The molecule has 3 nitrogen and oxygen atoms in total. The van der Waals surface area contributed by atoms with Crippen LogP contribution >= 0.6 is 0 Å². The normalized spacial score (nSPS) is 12.7. The highest BCUT2D eigenvalue weighted by Gasteiger charge is 2.17. The van der Waals surface area contributed by atoms with Crippen LogP contribution in [-0.4, -0.2) is 26.9 Å². The van der Waals surface area contributed by atoms with Gasteiger partial charge in [0, 0.05) is 25.3 Å². The van der Waals surface area contributed by atoms with Crippen molar-refractivity contribution in [3.63, 3.8) is 0 Å². The standard InChI is InChI=1S/C14H21F2NO2/c1-3-17-12(8-6-10-18-2)11-7-4-5-9-13(11)19-14(15)16/h4-5,7,9,12,14,17H,3,6,8,10H2,1-2H3. The number of nitrogens with one attached hydrogen (secondary N) is 1. The van der Waals surface area contributed by atoms with Gasteiger partial charge >= 0.3 is 6.61 Å². The fourth-order valence-electron chi connectivity index (χ4n) is 2.02. The third-order valence-corrected chi connectivity index (χ3v) is 2.80. The van der Waals surface area contributed by atoms with Crippen LogP contribution in [0.3, 0.4) is 0 Å². The average Bonchev–Trinajstić information content (AvgIpc) is 2.38. The Morgan fingerprint density at radius 3 is 2.63 bits per heavy atom. The molecular weight excluding hydrogens is 252 g/mol. The van der Waals surface area contributed by atoms with Crippen molar-refractivity contribution in [1.82, 2.24) is 5.32 Å². The van der Waals surface area contributed by atoms with Crippen LogP contribution in [0.1, 0.15) is 31.4 Å². The lowest BCUT2D eigenvalue weighted by molar-refractivity contribution is -0.0507. The van der Waals surface area contributed by atoms with Crippen LogP contribution in [0, 0.1) is 0 Å². The number of benzene rings is 1. The molecule has 19 heavy (non-hydrogen) atoms. The van der Waals surface area contributed by atoms with Crippen LogP contribution in [-0.2, 0) is 4.74 Å². The predicted molar refractivity (Wildman–Crippen MR) is 70.6 cm³/mol. The number of halogens is 2. The van der Waals surface area contributed by atoms with Crippen molar-refractivity contribution in [3.8, 4) is 5.75 Å². The van der Waals surface area contributed by atoms with Crippen LogP contribution < -0.4 is 10.1 Å². The van der Waals surface area contributed by atoms with Gasteiger partial charge in [0.25, 0.3) is 0 Å². The lowest BCUT2D eigenvalue weighted by Gasteiger charge is -2.21. The third kappa shape index (κ3) is 5.53. The maximum absolute atomic E-state index is 12.4. The van der Waals surface area contributed by atoms with E-state index in [0.717, 1.165) is 24.9 Å². The van der Waals surface area contributed by atoms with E-state index in [1.165, 1.54) is 0 Å². The minimum absolute atomic E-state index is 0.00454. The first-order valence-corrected chi connectivity index (χ1v) is 6.45. The molecule has 108 valence electrons. The largest absolute Gasteiger partial charge is 0.434 e. The van der Waals surface area contributed by atoms with Gasteiger partial charge in [-0.2, -0.15) is 8.78 Å². The molecule has 5 heteroatoms. The Hall–Kier alpha value is -1.20. The zero-order valence-electron chi connectivity index (χ0n) is 11.4. The summed E-state index contributed by atoms with van der Waals surface area (Å²) in [6, 6.07) is 6.91. The Morgan fingerprint density at radius 1 is 1.26 bits per heavy atom. The van der Waals surface area contributed by atoms with Gasteiger partial charge in [-0.15, -0.1) is 0 Å². The van der Waals surface area contributed by atoms with E-state index in [0.29, 0.717) is 6.61 Å². The van der Waals surface area contributed by atoms with Crippen LogP contribution in [0.4, 0.5) is 8.78 Å². The molecule has 1 aromatic carbocycles. The molecule has 0 saturated heterocycles. The van der Waals surface area contributed by atoms with Gasteiger partial charge in [0.15, 0.2) is 0 Å². The number of alkyl halides is 2. The van der Waals surface area contributed by atoms with Crippen LogP contribution in [0.5, 0.6) is 5.75 Å². The van der Waals surface area contributed by atoms with Gasteiger partial charge in [-0.1, -0.05) is 25.1 Å². The van der Waals surface area contributed by atoms with Gasteiger partial charge in [-0.3, -0.25) is 0 Å². The summed E-state index contributed by atoms with van der Waals surface area (Å²) >= 11 is 0. The molecular formula is C14H21F2NO2. The number of rotatable bonds is 9. The summed E-state index contributed by atoms with van der Waals surface area (Å²) in [7, 11) is 1.65. The van der Waals surface area contributed by atoms with Crippen molar-refractivity contribution in [2.24, 2.45) is 0 Å². The van der Waals surface area contributed by atoms with Crippen LogP contribution in [0.2, 0.25) is 0 Å². The van der Waals surface area contributed by atoms with E-state index in [-0.39, 0.29) is 11.8 Å². The van der Waals surface area contributed by atoms with E-state index in [2.05, 4.69) is 10.1 Å². The SMILES string of the molecule is CCNC(CCCOC)c1ccccc1OC(F)F. The number of para-hydroxylation sites is 1. The average molecular weight is 273 g/mol. The van der Waals surface area contributed by atoms with Gasteiger partial charge < -0.3 is 14.8 Å². The molecule has 0 aliphatic heterocycles. The summed E-state index contributed by atoms with van der Waals surface area (Å²) < 4.78 is 34.4. The van der Waals surface area contributed by atoms with E-state index < -0.39 is 6.61 Å². The molecule has 0 heterocycles. The second-order valence-electron chi connectivity index (χ2n) is 4.16. The molecule has 0 bridgehead atoms. The quantitative estimate of drug-likeness (QED) is 0.700. The Balaban J connectivity index is 2.81. The summed E-state index contributed by atoms with van der Waals surface area (Å²) in [4.78, 5) is 0. The first-order chi connectivity index (χ1) is 9.19. The highest BCUT2D eigenvalue weighted by atomic mass is 19.3. The Kier molecular flexibility index (Phi) is 7.36. The first kappa shape index (κ1) is 15.9. The van der Waals surface area contributed by atoms with Crippen molar-refractivity contribution >= 4 is 0 Å². The van der Waals surface area contributed by atoms with E-state index >= 15 is 0 Å². The predicted octanol–water partition coefficient (Wildman–Crippen LogP) is 3.37. The summed E-state index contributed by atoms with van der Waals surface area (Å²) in [5, 5.41) is 3.29. The van der Waals surface area contributed by atoms with Gasteiger partial charge in [0.1, 0.15) is 5.75 Å².